The van der Waals surface area contributed by atoms with Crippen LogP contribution in [0, 0.1) is 0 Å². The van der Waals surface area contributed by atoms with Gasteiger partial charge in [-0.25, -0.2) is 4.79 Å². The van der Waals surface area contributed by atoms with Crippen LogP contribution in [0.3, 0.4) is 0 Å². The fourth-order valence-electron chi connectivity index (χ4n) is 4.19. The summed E-state index contributed by atoms with van der Waals surface area (Å²) in [4.78, 5) is 12.5. The average Bonchev–Trinajstić information content (AvgIpc) is 3.05. The molecular weight excluding hydrogens is 414 g/mol. The van der Waals surface area contributed by atoms with E-state index in [0.717, 1.165) is 53.9 Å². The summed E-state index contributed by atoms with van der Waals surface area (Å²) < 4.78 is 5.56. The zero-order valence-corrected chi connectivity index (χ0v) is 17.9. The van der Waals surface area contributed by atoms with E-state index >= 15 is 0 Å². The predicted octanol–water partition coefficient (Wildman–Crippen LogP) is 4.94. The molecule has 0 saturated heterocycles. The standard InChI is InChI=1S/C24H26ClN3O3/c25-19-11-6-7-16(14-19)13-18-10-4-5-12-20-22(18)27-28-23(20)31-24(30)26-21(15-29)17-8-2-1-3-9-17/h1-3,6-9,11,14,18,21,29H,4-5,10,12-13,15H2,(H,26,30)(H,27,28)/t18?,21-/m0/s1. The van der Waals surface area contributed by atoms with Gasteiger partial charge in [-0.3, -0.25) is 5.10 Å². The van der Waals surface area contributed by atoms with Gasteiger partial charge in [0.2, 0.25) is 5.88 Å². The van der Waals surface area contributed by atoms with Gasteiger partial charge in [0.15, 0.2) is 0 Å². The van der Waals surface area contributed by atoms with Crippen LogP contribution in [0.2, 0.25) is 5.02 Å². The highest BCUT2D eigenvalue weighted by atomic mass is 35.5. The van der Waals surface area contributed by atoms with E-state index in [9.17, 15) is 9.90 Å². The molecule has 3 N–H and O–H groups in total. The van der Waals surface area contributed by atoms with Crippen molar-refractivity contribution in [3.63, 3.8) is 0 Å². The first kappa shape index (κ1) is 21.4. The van der Waals surface area contributed by atoms with Gasteiger partial charge in [0.25, 0.3) is 0 Å². The summed E-state index contributed by atoms with van der Waals surface area (Å²) in [6, 6.07) is 16.7. The van der Waals surface area contributed by atoms with Gasteiger partial charge >= 0.3 is 6.09 Å². The number of aliphatic hydroxyl groups is 1. The molecule has 2 atom stereocenters. The van der Waals surface area contributed by atoms with Crippen LogP contribution in [0.1, 0.15) is 53.6 Å². The number of aromatic amines is 1. The van der Waals surface area contributed by atoms with Gasteiger partial charge in [-0.2, -0.15) is 0 Å². The molecule has 1 aliphatic carbocycles. The Morgan fingerprint density at radius 1 is 1.23 bits per heavy atom. The maximum atomic E-state index is 12.5. The third kappa shape index (κ3) is 5.27. The topological polar surface area (TPSA) is 87.2 Å². The van der Waals surface area contributed by atoms with E-state index in [4.69, 9.17) is 16.3 Å². The van der Waals surface area contributed by atoms with Crippen molar-refractivity contribution in [2.45, 2.75) is 44.1 Å². The minimum atomic E-state index is -0.632. The van der Waals surface area contributed by atoms with E-state index < -0.39 is 12.1 Å². The van der Waals surface area contributed by atoms with Gasteiger partial charge in [0.1, 0.15) is 0 Å². The second-order valence-corrected chi connectivity index (χ2v) is 8.31. The summed E-state index contributed by atoms with van der Waals surface area (Å²) in [5.74, 6) is 0.577. The van der Waals surface area contributed by atoms with Crippen molar-refractivity contribution < 1.29 is 14.6 Å². The van der Waals surface area contributed by atoms with Gasteiger partial charge in [-0.05, 0) is 48.9 Å². The molecule has 0 aliphatic heterocycles. The lowest BCUT2D eigenvalue weighted by Gasteiger charge is -2.16. The predicted molar refractivity (Wildman–Crippen MR) is 119 cm³/mol. The molecule has 0 fully saturated rings. The first-order valence-corrected chi connectivity index (χ1v) is 11.0. The number of hydrogen-bond acceptors (Lipinski definition) is 4. The Labute approximate surface area is 186 Å². The van der Waals surface area contributed by atoms with Crippen LogP contribution in [0.25, 0.3) is 0 Å². The molecule has 6 nitrogen and oxygen atoms in total. The number of amides is 1. The van der Waals surface area contributed by atoms with Crippen molar-refractivity contribution in [2.75, 3.05) is 6.61 Å². The Bertz CT molecular complexity index is 1020. The molecule has 2 aromatic carbocycles. The maximum absolute atomic E-state index is 12.5. The van der Waals surface area contributed by atoms with Crippen molar-refractivity contribution >= 4 is 17.7 Å². The van der Waals surface area contributed by atoms with Crippen LogP contribution in [0.4, 0.5) is 4.79 Å². The summed E-state index contributed by atoms with van der Waals surface area (Å²) in [5.41, 5.74) is 3.97. The van der Waals surface area contributed by atoms with Crippen molar-refractivity contribution in [1.29, 1.82) is 0 Å². The van der Waals surface area contributed by atoms with Gasteiger partial charge in [-0.1, -0.05) is 60.5 Å². The van der Waals surface area contributed by atoms with E-state index in [2.05, 4.69) is 21.6 Å². The monoisotopic (exact) mass is 439 g/mol. The molecule has 0 saturated carbocycles. The van der Waals surface area contributed by atoms with Crippen LogP contribution in [-0.2, 0) is 12.8 Å². The number of rotatable bonds is 6. The maximum Gasteiger partial charge on any atom is 0.414 e. The Kier molecular flexibility index (Phi) is 6.89. The number of nitrogens with zero attached hydrogens (tertiary/aromatic N) is 1. The molecule has 0 radical (unpaired) electrons. The van der Waals surface area contributed by atoms with E-state index in [-0.39, 0.29) is 12.5 Å². The highest BCUT2D eigenvalue weighted by molar-refractivity contribution is 6.30. The molecule has 162 valence electrons. The van der Waals surface area contributed by atoms with Gasteiger partial charge in [0, 0.05) is 22.2 Å². The quantitative estimate of drug-likeness (QED) is 0.475. The highest BCUT2D eigenvalue weighted by Crippen LogP contribution is 2.36. The molecule has 7 heteroatoms. The number of aromatic nitrogens is 2. The van der Waals surface area contributed by atoms with Crippen molar-refractivity contribution in [2.24, 2.45) is 0 Å². The fourth-order valence-corrected chi connectivity index (χ4v) is 4.41. The molecule has 3 aromatic rings. The summed E-state index contributed by atoms with van der Waals surface area (Å²) in [7, 11) is 0. The molecule has 1 aromatic heterocycles. The summed E-state index contributed by atoms with van der Waals surface area (Å²) in [5, 5.41) is 20.5. The van der Waals surface area contributed by atoms with Crippen LogP contribution >= 0.6 is 11.6 Å². The number of H-pyrrole nitrogens is 1. The summed E-state index contributed by atoms with van der Waals surface area (Å²) in [6.07, 6.45) is 4.17. The van der Waals surface area contributed by atoms with E-state index in [1.165, 1.54) is 5.56 Å². The number of carbonyl (C=O) groups excluding carboxylic acids is 1. The number of benzene rings is 2. The molecule has 1 aliphatic rings. The molecule has 1 heterocycles. The van der Waals surface area contributed by atoms with Crippen LogP contribution < -0.4 is 10.1 Å². The lowest BCUT2D eigenvalue weighted by atomic mass is 9.92. The Hall–Kier alpha value is -2.83. The van der Waals surface area contributed by atoms with Gasteiger partial charge in [-0.15, -0.1) is 5.10 Å². The van der Waals surface area contributed by atoms with Crippen molar-refractivity contribution in [1.82, 2.24) is 15.5 Å². The van der Waals surface area contributed by atoms with E-state index in [1.807, 2.05) is 48.5 Å². The van der Waals surface area contributed by atoms with Crippen molar-refractivity contribution in [3.8, 4) is 5.88 Å². The number of ether oxygens (including phenoxy) is 1. The SMILES string of the molecule is O=C(N[C@@H](CO)c1ccccc1)Oc1n[nH]c2c1CCCCC2Cc1cccc(Cl)c1. The molecule has 31 heavy (non-hydrogen) atoms. The largest absolute Gasteiger partial charge is 0.414 e. The normalized spacial score (nSPS) is 16.8. The highest BCUT2D eigenvalue weighted by Gasteiger charge is 2.26. The van der Waals surface area contributed by atoms with Gasteiger partial charge < -0.3 is 15.2 Å². The second kappa shape index (κ2) is 9.98. The van der Waals surface area contributed by atoms with Crippen LogP contribution in [-0.4, -0.2) is 28.0 Å². The molecule has 4 rings (SSSR count). The number of fused-ring (bicyclic) bond motifs is 1. The second-order valence-electron chi connectivity index (χ2n) is 7.88. The van der Waals surface area contributed by atoms with Crippen LogP contribution in [0.15, 0.2) is 54.6 Å². The number of carbonyl (C=O) groups is 1. The Morgan fingerprint density at radius 3 is 2.84 bits per heavy atom. The third-order valence-electron chi connectivity index (χ3n) is 5.74. The Morgan fingerprint density at radius 2 is 2.06 bits per heavy atom. The molecule has 1 unspecified atom stereocenters. The van der Waals surface area contributed by atoms with Crippen molar-refractivity contribution in [3.05, 3.63) is 82.0 Å². The fraction of sp³-hybridized carbons (Fsp3) is 0.333. The number of hydrogen-bond donors (Lipinski definition) is 3. The number of aliphatic hydroxyl groups excluding tert-OH is 1. The minimum Gasteiger partial charge on any atom is -0.394 e. The summed E-state index contributed by atoms with van der Waals surface area (Å²) in [6.45, 7) is -0.223. The average molecular weight is 440 g/mol. The number of nitrogens with one attached hydrogen (secondary N) is 2. The third-order valence-corrected chi connectivity index (χ3v) is 5.97. The Balaban J connectivity index is 1.48. The van der Waals surface area contributed by atoms with Gasteiger partial charge in [0.05, 0.1) is 12.6 Å². The van der Waals surface area contributed by atoms with E-state index in [1.54, 1.807) is 0 Å². The molecular formula is C24H26ClN3O3. The lowest BCUT2D eigenvalue weighted by Crippen LogP contribution is -2.33. The van der Waals surface area contributed by atoms with Crippen LogP contribution in [0.5, 0.6) is 5.88 Å². The molecule has 1 amide bonds. The first-order chi connectivity index (χ1) is 15.1. The minimum absolute atomic E-state index is 0.223. The molecule has 0 bridgehead atoms. The zero-order valence-electron chi connectivity index (χ0n) is 17.2. The summed E-state index contributed by atoms with van der Waals surface area (Å²) >= 11 is 6.15. The molecule has 0 spiro atoms. The van der Waals surface area contributed by atoms with E-state index in [0.29, 0.717) is 5.88 Å². The first-order valence-electron chi connectivity index (χ1n) is 10.6. The number of halogens is 1. The lowest BCUT2D eigenvalue weighted by molar-refractivity contribution is 0.181. The smallest absolute Gasteiger partial charge is 0.394 e. The zero-order chi connectivity index (χ0) is 21.6.